The highest BCUT2D eigenvalue weighted by Gasteiger charge is 2.37. The first-order valence-electron chi connectivity index (χ1n) is 8.22. The average molecular weight is 368 g/mol. The van der Waals surface area contributed by atoms with Crippen molar-refractivity contribution < 1.29 is 26.3 Å². The summed E-state index contributed by atoms with van der Waals surface area (Å²) >= 11 is 0. The standard InChI is InChI=1S/C17H22F6N2/c1-3-15-9-14(4-5-25(15)2)24-10-11-6-12(16(18,19)20)8-13(7-11)17(21,22)23/h6-8,14-15,24H,3-5,9-10H2,1-2H3. The first kappa shape index (κ1) is 20.0. The van der Waals surface area contributed by atoms with Crippen LogP contribution in [0.15, 0.2) is 18.2 Å². The van der Waals surface area contributed by atoms with Gasteiger partial charge in [-0.25, -0.2) is 0 Å². The summed E-state index contributed by atoms with van der Waals surface area (Å²) in [5, 5.41) is 3.12. The van der Waals surface area contributed by atoms with Crippen molar-refractivity contribution in [3.8, 4) is 0 Å². The normalized spacial score (nSPS) is 23.0. The quantitative estimate of drug-likeness (QED) is 0.776. The van der Waals surface area contributed by atoms with Gasteiger partial charge in [0.25, 0.3) is 0 Å². The van der Waals surface area contributed by atoms with Gasteiger partial charge < -0.3 is 10.2 Å². The molecule has 2 unspecified atom stereocenters. The maximum atomic E-state index is 12.9. The largest absolute Gasteiger partial charge is 0.416 e. The molecule has 1 aliphatic heterocycles. The number of hydrogen-bond donors (Lipinski definition) is 1. The lowest BCUT2D eigenvalue weighted by Gasteiger charge is -2.37. The van der Waals surface area contributed by atoms with Crippen molar-refractivity contribution in [3.63, 3.8) is 0 Å². The van der Waals surface area contributed by atoms with Crippen LogP contribution in [0.4, 0.5) is 26.3 Å². The average Bonchev–Trinajstić information content (AvgIpc) is 2.52. The van der Waals surface area contributed by atoms with Crippen molar-refractivity contribution in [1.29, 1.82) is 0 Å². The molecule has 1 N–H and O–H groups in total. The van der Waals surface area contributed by atoms with E-state index < -0.39 is 23.5 Å². The maximum absolute atomic E-state index is 12.9. The molecule has 1 aromatic carbocycles. The van der Waals surface area contributed by atoms with E-state index >= 15 is 0 Å². The Morgan fingerprint density at radius 1 is 1.04 bits per heavy atom. The molecular formula is C17H22F6N2. The van der Waals surface area contributed by atoms with Crippen LogP contribution in [0.25, 0.3) is 0 Å². The summed E-state index contributed by atoms with van der Waals surface area (Å²) in [4.78, 5) is 2.23. The van der Waals surface area contributed by atoms with Crippen molar-refractivity contribution in [2.24, 2.45) is 0 Å². The molecule has 2 atom stereocenters. The number of benzene rings is 1. The second-order valence-electron chi connectivity index (χ2n) is 6.56. The summed E-state index contributed by atoms with van der Waals surface area (Å²) in [6, 6.07) is 2.19. The van der Waals surface area contributed by atoms with Crippen molar-refractivity contribution in [2.75, 3.05) is 13.6 Å². The van der Waals surface area contributed by atoms with Crippen LogP contribution in [-0.4, -0.2) is 30.6 Å². The van der Waals surface area contributed by atoms with Crippen LogP contribution in [0.5, 0.6) is 0 Å². The summed E-state index contributed by atoms with van der Waals surface area (Å²) < 4.78 is 77.3. The number of halogens is 6. The van der Waals surface area contributed by atoms with Gasteiger partial charge in [0.15, 0.2) is 0 Å². The number of hydrogen-bond acceptors (Lipinski definition) is 2. The molecule has 2 rings (SSSR count). The van der Waals surface area contributed by atoms with E-state index in [4.69, 9.17) is 0 Å². The molecule has 0 radical (unpaired) electrons. The number of alkyl halides is 6. The molecule has 0 bridgehead atoms. The van der Waals surface area contributed by atoms with Crippen LogP contribution < -0.4 is 5.32 Å². The zero-order valence-corrected chi connectivity index (χ0v) is 14.1. The fraction of sp³-hybridized carbons (Fsp3) is 0.647. The molecule has 1 saturated heterocycles. The molecule has 1 aromatic rings. The summed E-state index contributed by atoms with van der Waals surface area (Å²) in [5.41, 5.74) is -2.54. The van der Waals surface area contributed by atoms with Gasteiger partial charge in [-0.2, -0.15) is 26.3 Å². The lowest BCUT2D eigenvalue weighted by molar-refractivity contribution is -0.143. The second-order valence-corrected chi connectivity index (χ2v) is 6.56. The van der Waals surface area contributed by atoms with Crippen molar-refractivity contribution in [1.82, 2.24) is 10.2 Å². The van der Waals surface area contributed by atoms with Crippen LogP contribution in [0, 0.1) is 0 Å². The van der Waals surface area contributed by atoms with E-state index in [1.807, 2.05) is 7.05 Å². The number of rotatable bonds is 4. The molecule has 2 nitrogen and oxygen atoms in total. The molecule has 0 spiro atoms. The highest BCUT2D eigenvalue weighted by atomic mass is 19.4. The Labute approximate surface area is 143 Å². The lowest BCUT2D eigenvalue weighted by Crippen LogP contribution is -2.46. The zero-order chi connectivity index (χ0) is 18.8. The van der Waals surface area contributed by atoms with Gasteiger partial charge in [-0.15, -0.1) is 0 Å². The number of piperidine rings is 1. The van der Waals surface area contributed by atoms with Gasteiger partial charge in [0.05, 0.1) is 11.1 Å². The third-order valence-electron chi connectivity index (χ3n) is 4.72. The van der Waals surface area contributed by atoms with E-state index in [1.165, 1.54) is 0 Å². The van der Waals surface area contributed by atoms with Crippen molar-refractivity contribution in [3.05, 3.63) is 34.9 Å². The Bertz CT molecular complexity index is 549. The molecule has 142 valence electrons. The second kappa shape index (κ2) is 7.53. The van der Waals surface area contributed by atoms with Gasteiger partial charge >= 0.3 is 12.4 Å². The maximum Gasteiger partial charge on any atom is 0.416 e. The smallest absolute Gasteiger partial charge is 0.310 e. The highest BCUT2D eigenvalue weighted by molar-refractivity contribution is 5.33. The van der Waals surface area contributed by atoms with Crippen LogP contribution in [0.3, 0.4) is 0 Å². The van der Waals surface area contributed by atoms with Gasteiger partial charge in [0.2, 0.25) is 0 Å². The lowest BCUT2D eigenvalue weighted by atomic mass is 9.95. The third kappa shape index (κ3) is 5.34. The minimum Gasteiger partial charge on any atom is -0.310 e. The predicted octanol–water partition coefficient (Wildman–Crippen LogP) is 4.69. The Morgan fingerprint density at radius 3 is 2.08 bits per heavy atom. The molecule has 0 saturated carbocycles. The molecule has 0 amide bonds. The number of likely N-dealkylation sites (tertiary alicyclic amines) is 1. The van der Waals surface area contributed by atoms with E-state index in [9.17, 15) is 26.3 Å². The van der Waals surface area contributed by atoms with E-state index in [2.05, 4.69) is 17.1 Å². The highest BCUT2D eigenvalue weighted by Crippen LogP contribution is 2.36. The van der Waals surface area contributed by atoms with Crippen molar-refractivity contribution in [2.45, 2.75) is 57.2 Å². The van der Waals surface area contributed by atoms with Gasteiger partial charge in [0.1, 0.15) is 0 Å². The Morgan fingerprint density at radius 2 is 1.60 bits per heavy atom. The first-order valence-corrected chi connectivity index (χ1v) is 8.22. The minimum atomic E-state index is -4.81. The Balaban J connectivity index is 2.13. The SMILES string of the molecule is CCC1CC(NCc2cc(C(F)(F)F)cc(C(F)(F)F)c2)CCN1C. The van der Waals surface area contributed by atoms with Gasteiger partial charge in [-0.05, 0) is 56.6 Å². The molecule has 1 heterocycles. The van der Waals surface area contributed by atoms with Gasteiger partial charge in [-0.1, -0.05) is 6.92 Å². The fourth-order valence-electron chi connectivity index (χ4n) is 3.22. The third-order valence-corrected chi connectivity index (χ3v) is 4.72. The van der Waals surface area contributed by atoms with E-state index in [-0.39, 0.29) is 24.2 Å². The number of nitrogens with one attached hydrogen (secondary N) is 1. The monoisotopic (exact) mass is 368 g/mol. The van der Waals surface area contributed by atoms with Crippen LogP contribution in [-0.2, 0) is 18.9 Å². The molecular weight excluding hydrogens is 346 g/mol. The Kier molecular flexibility index (Phi) is 6.04. The molecule has 25 heavy (non-hydrogen) atoms. The minimum absolute atomic E-state index is 0.00544. The Hall–Kier alpha value is -1.28. The van der Waals surface area contributed by atoms with E-state index in [1.54, 1.807) is 0 Å². The van der Waals surface area contributed by atoms with E-state index in [0.717, 1.165) is 37.9 Å². The first-order chi connectivity index (χ1) is 11.5. The van der Waals surface area contributed by atoms with Gasteiger partial charge in [-0.3, -0.25) is 0 Å². The molecule has 8 heteroatoms. The van der Waals surface area contributed by atoms with Crippen LogP contribution in [0.1, 0.15) is 42.9 Å². The summed E-state index contributed by atoms with van der Waals surface area (Å²) in [6.07, 6.45) is -7.01. The zero-order valence-electron chi connectivity index (χ0n) is 14.1. The summed E-state index contributed by atoms with van der Waals surface area (Å²) in [7, 11) is 2.02. The fourth-order valence-corrected chi connectivity index (χ4v) is 3.22. The summed E-state index contributed by atoms with van der Waals surface area (Å²) in [5.74, 6) is 0. The number of nitrogens with zero attached hydrogens (tertiary/aromatic N) is 1. The topological polar surface area (TPSA) is 15.3 Å². The van der Waals surface area contributed by atoms with Gasteiger partial charge in [0, 0.05) is 18.6 Å². The van der Waals surface area contributed by atoms with Crippen LogP contribution >= 0.6 is 0 Å². The predicted molar refractivity (Wildman–Crippen MR) is 83.0 cm³/mol. The molecule has 0 aromatic heterocycles. The molecule has 0 aliphatic carbocycles. The van der Waals surface area contributed by atoms with Crippen molar-refractivity contribution >= 4 is 0 Å². The van der Waals surface area contributed by atoms with E-state index in [0.29, 0.717) is 6.04 Å². The summed E-state index contributed by atoms with van der Waals surface area (Å²) in [6.45, 7) is 2.90. The van der Waals surface area contributed by atoms with Crippen LogP contribution in [0.2, 0.25) is 0 Å². The molecule has 1 fully saturated rings. The molecule has 1 aliphatic rings.